The third-order valence-electron chi connectivity index (χ3n) is 4.71. The average molecular weight is 425 g/mol. The summed E-state index contributed by atoms with van der Waals surface area (Å²) < 4.78 is 7.31. The monoisotopic (exact) mass is 424 g/mol. The lowest BCUT2D eigenvalue weighted by atomic mass is 9.87. The van der Waals surface area contributed by atoms with Gasteiger partial charge in [-0.2, -0.15) is 0 Å². The Balaban J connectivity index is 1.65. The van der Waals surface area contributed by atoms with Crippen LogP contribution in [0.5, 0.6) is 5.75 Å². The van der Waals surface area contributed by atoms with Crippen LogP contribution in [-0.4, -0.2) is 33.1 Å². The number of aromatic nitrogens is 2. The summed E-state index contributed by atoms with van der Waals surface area (Å²) in [5.41, 5.74) is 1.86. The molecule has 0 unspecified atom stereocenters. The zero-order chi connectivity index (χ0) is 21.7. The number of rotatable bonds is 8. The molecule has 0 fully saturated rings. The van der Waals surface area contributed by atoms with Gasteiger partial charge in [0.15, 0.2) is 5.16 Å². The molecule has 0 spiro atoms. The minimum absolute atomic E-state index is 0.0861. The van der Waals surface area contributed by atoms with Gasteiger partial charge in [-0.3, -0.25) is 9.36 Å². The summed E-state index contributed by atoms with van der Waals surface area (Å²) >= 11 is 1.34. The minimum Gasteiger partial charge on any atom is -0.491 e. The van der Waals surface area contributed by atoms with Crippen molar-refractivity contribution in [1.82, 2.24) is 9.55 Å². The first kappa shape index (κ1) is 22.1. The van der Waals surface area contributed by atoms with E-state index in [0.717, 1.165) is 5.75 Å². The summed E-state index contributed by atoms with van der Waals surface area (Å²) in [6.45, 7) is 10.8. The van der Waals surface area contributed by atoms with Crippen LogP contribution in [0.4, 0.5) is 0 Å². The fraction of sp³-hybridized carbons (Fsp3) is 0.333. The Kier molecular flexibility index (Phi) is 7.00. The molecule has 1 heterocycles. The molecule has 158 valence electrons. The molecule has 0 radical (unpaired) electrons. The number of hydrogen-bond donors (Lipinski definition) is 1. The van der Waals surface area contributed by atoms with Gasteiger partial charge in [0.05, 0.1) is 17.0 Å². The number of aliphatic hydroxyl groups is 1. The van der Waals surface area contributed by atoms with Crippen LogP contribution in [0.2, 0.25) is 0 Å². The van der Waals surface area contributed by atoms with Gasteiger partial charge in [-0.1, -0.05) is 62.9 Å². The van der Waals surface area contributed by atoms with Crippen molar-refractivity contribution < 1.29 is 9.84 Å². The van der Waals surface area contributed by atoms with E-state index < -0.39 is 6.10 Å². The van der Waals surface area contributed by atoms with Crippen molar-refractivity contribution in [2.24, 2.45) is 0 Å². The highest BCUT2D eigenvalue weighted by Crippen LogP contribution is 2.24. The van der Waals surface area contributed by atoms with Crippen molar-refractivity contribution in [3.8, 4) is 5.75 Å². The first-order chi connectivity index (χ1) is 14.3. The number of benzene rings is 2. The van der Waals surface area contributed by atoms with Crippen LogP contribution in [0.15, 0.2) is 71.1 Å². The molecule has 1 N–H and O–H groups in total. The van der Waals surface area contributed by atoms with Crippen molar-refractivity contribution in [3.63, 3.8) is 0 Å². The van der Waals surface area contributed by atoms with Crippen LogP contribution >= 0.6 is 11.8 Å². The minimum atomic E-state index is -0.696. The molecule has 3 aromatic rings. The molecule has 30 heavy (non-hydrogen) atoms. The number of thioether (sulfide) groups is 1. The van der Waals surface area contributed by atoms with Crippen LogP contribution in [0.1, 0.15) is 26.3 Å². The Morgan fingerprint density at radius 1 is 1.20 bits per heavy atom. The van der Waals surface area contributed by atoms with E-state index in [9.17, 15) is 9.90 Å². The molecule has 0 aliphatic rings. The van der Waals surface area contributed by atoms with E-state index in [4.69, 9.17) is 4.74 Å². The Morgan fingerprint density at radius 3 is 2.57 bits per heavy atom. The normalized spacial score (nSPS) is 12.7. The van der Waals surface area contributed by atoms with Gasteiger partial charge in [-0.15, -0.1) is 6.58 Å². The number of para-hydroxylation sites is 1. The van der Waals surface area contributed by atoms with Crippen molar-refractivity contribution in [2.75, 3.05) is 12.4 Å². The summed E-state index contributed by atoms with van der Waals surface area (Å²) in [5.74, 6) is 1.08. The molecule has 2 aromatic carbocycles. The number of hydrogen-bond acceptors (Lipinski definition) is 5. The third-order valence-corrected chi connectivity index (χ3v) is 5.83. The van der Waals surface area contributed by atoms with Crippen molar-refractivity contribution in [3.05, 3.63) is 77.1 Å². The van der Waals surface area contributed by atoms with E-state index in [1.54, 1.807) is 16.7 Å². The van der Waals surface area contributed by atoms with Gasteiger partial charge in [-0.25, -0.2) is 4.98 Å². The van der Waals surface area contributed by atoms with Crippen molar-refractivity contribution in [1.29, 1.82) is 0 Å². The number of aliphatic hydroxyl groups excluding tert-OH is 1. The van der Waals surface area contributed by atoms with Gasteiger partial charge < -0.3 is 9.84 Å². The van der Waals surface area contributed by atoms with E-state index >= 15 is 0 Å². The molecule has 0 bridgehead atoms. The highest BCUT2D eigenvalue weighted by Gasteiger charge is 2.15. The second kappa shape index (κ2) is 9.49. The standard InChI is InChI=1S/C24H28N2O3S/c1-5-14-26-22(28)20-8-6-7-9-21(20)25-23(26)30-16-18(27)15-29-19-12-10-17(11-13-19)24(2,3)4/h5-13,18,27H,1,14-16H2,2-4H3/t18-/m1/s1. The topological polar surface area (TPSA) is 64.3 Å². The Labute approximate surface area is 181 Å². The molecule has 1 atom stereocenters. The Morgan fingerprint density at radius 2 is 1.90 bits per heavy atom. The quantitative estimate of drug-likeness (QED) is 0.330. The predicted octanol–water partition coefficient (Wildman–Crippen LogP) is 4.41. The molecule has 5 nitrogen and oxygen atoms in total. The van der Waals surface area contributed by atoms with Crippen LogP contribution in [0, 0.1) is 0 Å². The Hall–Kier alpha value is -2.57. The van der Waals surface area contributed by atoms with Crippen LogP contribution in [0.25, 0.3) is 10.9 Å². The molecule has 0 saturated heterocycles. The van der Waals surface area contributed by atoms with Gasteiger partial charge in [-0.05, 0) is 35.2 Å². The molecule has 0 aliphatic carbocycles. The van der Waals surface area contributed by atoms with Gasteiger partial charge in [0.2, 0.25) is 0 Å². The van der Waals surface area contributed by atoms with E-state index in [1.807, 2.05) is 42.5 Å². The summed E-state index contributed by atoms with van der Waals surface area (Å²) in [4.78, 5) is 17.4. The van der Waals surface area contributed by atoms with Gasteiger partial charge in [0.25, 0.3) is 5.56 Å². The van der Waals surface area contributed by atoms with E-state index in [1.165, 1.54) is 17.3 Å². The maximum Gasteiger partial charge on any atom is 0.262 e. The molecular formula is C24H28N2O3S. The first-order valence-corrected chi connectivity index (χ1v) is 10.9. The molecule has 6 heteroatoms. The molecule has 1 aromatic heterocycles. The SMILES string of the molecule is C=CCn1c(SC[C@H](O)COc2ccc(C(C)(C)C)cc2)nc2ccccc2c1=O. The second-order valence-corrected chi connectivity index (χ2v) is 9.15. The van der Waals surface area contributed by atoms with E-state index in [2.05, 4.69) is 32.3 Å². The highest BCUT2D eigenvalue weighted by atomic mass is 32.2. The van der Waals surface area contributed by atoms with Gasteiger partial charge >= 0.3 is 0 Å². The molecule has 0 aliphatic heterocycles. The smallest absolute Gasteiger partial charge is 0.262 e. The zero-order valence-corrected chi connectivity index (χ0v) is 18.5. The lowest BCUT2D eigenvalue weighted by Gasteiger charge is -2.19. The molecular weight excluding hydrogens is 396 g/mol. The maximum absolute atomic E-state index is 12.8. The van der Waals surface area contributed by atoms with Gasteiger partial charge in [0.1, 0.15) is 12.4 Å². The molecule has 0 amide bonds. The number of fused-ring (bicyclic) bond motifs is 1. The van der Waals surface area contributed by atoms with Crippen LogP contribution < -0.4 is 10.3 Å². The summed E-state index contributed by atoms with van der Waals surface area (Å²) in [6, 6.07) is 15.2. The zero-order valence-electron chi connectivity index (χ0n) is 17.7. The van der Waals surface area contributed by atoms with Crippen molar-refractivity contribution >= 4 is 22.7 Å². The summed E-state index contributed by atoms with van der Waals surface area (Å²) in [5, 5.41) is 11.5. The Bertz CT molecular complexity index is 1070. The third kappa shape index (κ3) is 5.32. The number of allylic oxidation sites excluding steroid dienone is 1. The number of nitrogens with zero attached hydrogens (tertiary/aromatic N) is 2. The fourth-order valence-electron chi connectivity index (χ4n) is 3.01. The molecule has 3 rings (SSSR count). The first-order valence-electron chi connectivity index (χ1n) is 9.94. The van der Waals surface area contributed by atoms with Crippen LogP contribution in [-0.2, 0) is 12.0 Å². The van der Waals surface area contributed by atoms with Gasteiger partial charge in [0, 0.05) is 12.3 Å². The fourth-order valence-corrected chi connectivity index (χ4v) is 3.92. The van der Waals surface area contributed by atoms with E-state index in [-0.39, 0.29) is 17.6 Å². The van der Waals surface area contributed by atoms with Crippen LogP contribution in [0.3, 0.4) is 0 Å². The van der Waals surface area contributed by atoms with Crippen molar-refractivity contribution in [2.45, 2.75) is 44.0 Å². The largest absolute Gasteiger partial charge is 0.491 e. The second-order valence-electron chi connectivity index (χ2n) is 8.17. The average Bonchev–Trinajstić information content (AvgIpc) is 2.73. The highest BCUT2D eigenvalue weighted by molar-refractivity contribution is 7.99. The summed E-state index contributed by atoms with van der Waals surface area (Å²) in [7, 11) is 0. The molecule has 0 saturated carbocycles. The lowest BCUT2D eigenvalue weighted by Crippen LogP contribution is -2.25. The summed E-state index contributed by atoms with van der Waals surface area (Å²) in [6.07, 6.45) is 0.973. The van der Waals surface area contributed by atoms with E-state index in [0.29, 0.717) is 28.4 Å². The lowest BCUT2D eigenvalue weighted by molar-refractivity contribution is 0.126. The number of ether oxygens (including phenoxy) is 1. The predicted molar refractivity (Wildman–Crippen MR) is 124 cm³/mol. The maximum atomic E-state index is 12.8.